The lowest BCUT2D eigenvalue weighted by Gasteiger charge is -2.23. The van der Waals surface area contributed by atoms with Gasteiger partial charge in [0, 0.05) is 20.2 Å². The molecular formula is C13H26N4O3S. The van der Waals surface area contributed by atoms with Gasteiger partial charge in [-0.3, -0.25) is 5.10 Å². The van der Waals surface area contributed by atoms with Gasteiger partial charge in [-0.2, -0.15) is 5.10 Å². The first-order chi connectivity index (χ1) is 9.73. The fourth-order valence-electron chi connectivity index (χ4n) is 1.74. The lowest BCUT2D eigenvalue weighted by molar-refractivity contribution is 0.0276. The number of aromatic amines is 1. The summed E-state index contributed by atoms with van der Waals surface area (Å²) in [6.45, 7) is 8.82. The second-order valence-corrected chi connectivity index (χ2v) is 7.29. The highest BCUT2D eigenvalue weighted by molar-refractivity contribution is 7.89. The fourth-order valence-corrected chi connectivity index (χ4v) is 3.30. The van der Waals surface area contributed by atoms with Crippen LogP contribution in [0.1, 0.15) is 38.6 Å². The van der Waals surface area contributed by atoms with Gasteiger partial charge in [0.1, 0.15) is 4.90 Å². The maximum absolute atomic E-state index is 12.5. The minimum atomic E-state index is -3.62. The van der Waals surface area contributed by atoms with Gasteiger partial charge in [-0.15, -0.1) is 0 Å². The molecule has 21 heavy (non-hydrogen) atoms. The molecule has 1 rings (SSSR count). The second-order valence-electron chi connectivity index (χ2n) is 5.59. The van der Waals surface area contributed by atoms with Gasteiger partial charge in [0.05, 0.1) is 17.0 Å². The Morgan fingerprint density at radius 3 is 2.62 bits per heavy atom. The van der Waals surface area contributed by atoms with E-state index in [0.29, 0.717) is 17.9 Å². The predicted octanol–water partition coefficient (Wildman–Crippen LogP) is 0.921. The number of H-pyrrole nitrogens is 1. The van der Waals surface area contributed by atoms with Gasteiger partial charge in [0.15, 0.2) is 0 Å². The van der Waals surface area contributed by atoms with E-state index < -0.39 is 15.6 Å². The first kappa shape index (κ1) is 18.1. The Labute approximate surface area is 126 Å². The number of aryl methyl sites for hydroxylation is 1. The molecule has 8 heteroatoms. The normalized spacial score (nSPS) is 12.8. The molecule has 1 aromatic rings. The maximum Gasteiger partial charge on any atom is 0.244 e. The van der Waals surface area contributed by atoms with Crippen LogP contribution in [0.25, 0.3) is 0 Å². The Bertz CT molecular complexity index is 552. The third-order valence-electron chi connectivity index (χ3n) is 3.19. The van der Waals surface area contributed by atoms with Crippen molar-refractivity contribution in [3.63, 3.8) is 0 Å². The second kappa shape index (κ2) is 7.35. The van der Waals surface area contributed by atoms with Crippen LogP contribution in [0.4, 0.5) is 0 Å². The summed E-state index contributed by atoms with van der Waals surface area (Å²) in [5.41, 5.74) is 0.473. The number of methoxy groups -OCH3 is 1. The zero-order valence-corrected chi connectivity index (χ0v) is 14.2. The van der Waals surface area contributed by atoms with E-state index in [-0.39, 0.29) is 11.4 Å². The van der Waals surface area contributed by atoms with Crippen molar-refractivity contribution >= 4 is 10.0 Å². The number of nitrogens with one attached hydrogen (secondary N) is 3. The van der Waals surface area contributed by atoms with Crippen LogP contribution in [0.2, 0.25) is 0 Å². The largest absolute Gasteiger partial charge is 0.377 e. The number of ether oxygens (including phenoxy) is 1. The fraction of sp³-hybridized carbons (Fsp3) is 0.769. The molecule has 0 spiro atoms. The molecule has 7 nitrogen and oxygen atoms in total. The summed E-state index contributed by atoms with van der Waals surface area (Å²) in [6, 6.07) is 0. The van der Waals surface area contributed by atoms with Gasteiger partial charge < -0.3 is 10.1 Å². The van der Waals surface area contributed by atoms with Crippen molar-refractivity contribution in [3.05, 3.63) is 11.4 Å². The Hall–Kier alpha value is -0.960. The third kappa shape index (κ3) is 5.06. The molecule has 0 saturated heterocycles. The molecule has 0 aliphatic carbocycles. The summed E-state index contributed by atoms with van der Waals surface area (Å²) in [4.78, 5) is 0.220. The standard InChI is InChI=1S/C13H26N4O3S/c1-6-7-14-8-11-12(10(2)16-17-11)21(18,19)15-9-13(3,4)20-5/h14-15H,6-9H2,1-5H3,(H,16,17). The van der Waals surface area contributed by atoms with Crippen LogP contribution in [0, 0.1) is 6.92 Å². The van der Waals surface area contributed by atoms with Crippen molar-refractivity contribution in [1.82, 2.24) is 20.2 Å². The molecule has 0 aliphatic heterocycles. The maximum atomic E-state index is 12.5. The average Bonchev–Trinajstić information content (AvgIpc) is 2.79. The number of hydrogen-bond donors (Lipinski definition) is 3. The zero-order chi connectivity index (χ0) is 16.1. The van der Waals surface area contributed by atoms with Gasteiger partial charge in [0.2, 0.25) is 10.0 Å². The molecule has 3 N–H and O–H groups in total. The highest BCUT2D eigenvalue weighted by Crippen LogP contribution is 2.18. The smallest absolute Gasteiger partial charge is 0.244 e. The van der Waals surface area contributed by atoms with Gasteiger partial charge in [0.25, 0.3) is 0 Å². The van der Waals surface area contributed by atoms with Crippen LogP contribution in [-0.4, -0.2) is 44.4 Å². The SMILES string of the molecule is CCCNCc1n[nH]c(C)c1S(=O)(=O)NCC(C)(C)OC. The van der Waals surface area contributed by atoms with E-state index in [1.54, 1.807) is 14.0 Å². The molecule has 0 fully saturated rings. The topological polar surface area (TPSA) is 96.1 Å². The highest BCUT2D eigenvalue weighted by atomic mass is 32.2. The summed E-state index contributed by atoms with van der Waals surface area (Å²) in [6.07, 6.45) is 0.978. The first-order valence-electron chi connectivity index (χ1n) is 7.03. The zero-order valence-electron chi connectivity index (χ0n) is 13.4. The molecule has 0 aromatic carbocycles. The molecule has 0 radical (unpaired) electrons. The molecule has 0 unspecified atom stereocenters. The summed E-state index contributed by atoms with van der Waals surface area (Å²) < 4.78 is 32.8. The van der Waals surface area contributed by atoms with E-state index in [4.69, 9.17) is 4.74 Å². The van der Waals surface area contributed by atoms with Crippen LogP contribution in [-0.2, 0) is 21.3 Å². The van der Waals surface area contributed by atoms with Crippen LogP contribution in [0.5, 0.6) is 0 Å². The van der Waals surface area contributed by atoms with Crippen molar-refractivity contribution in [2.75, 3.05) is 20.2 Å². The summed E-state index contributed by atoms with van der Waals surface area (Å²) in [5, 5.41) is 9.98. The minimum Gasteiger partial charge on any atom is -0.377 e. The van der Waals surface area contributed by atoms with E-state index in [2.05, 4.69) is 27.2 Å². The van der Waals surface area contributed by atoms with Gasteiger partial charge >= 0.3 is 0 Å². The Morgan fingerprint density at radius 2 is 2.05 bits per heavy atom. The van der Waals surface area contributed by atoms with E-state index >= 15 is 0 Å². The lowest BCUT2D eigenvalue weighted by atomic mass is 10.1. The van der Waals surface area contributed by atoms with Crippen molar-refractivity contribution in [3.8, 4) is 0 Å². The average molecular weight is 318 g/mol. The van der Waals surface area contributed by atoms with E-state index in [1.807, 2.05) is 13.8 Å². The molecule has 1 aromatic heterocycles. The number of rotatable bonds is 9. The molecule has 0 amide bonds. The molecule has 122 valence electrons. The van der Waals surface area contributed by atoms with Gasteiger partial charge in [-0.25, -0.2) is 13.1 Å². The molecule has 0 bridgehead atoms. The highest BCUT2D eigenvalue weighted by Gasteiger charge is 2.27. The summed E-state index contributed by atoms with van der Waals surface area (Å²) in [5.74, 6) is 0. The molecule has 0 aliphatic rings. The first-order valence-corrected chi connectivity index (χ1v) is 8.51. The van der Waals surface area contributed by atoms with Crippen molar-refractivity contribution in [1.29, 1.82) is 0 Å². The Morgan fingerprint density at radius 1 is 1.38 bits per heavy atom. The molecule has 1 heterocycles. The van der Waals surface area contributed by atoms with E-state index in [0.717, 1.165) is 13.0 Å². The molecule has 0 atom stereocenters. The number of sulfonamides is 1. The minimum absolute atomic E-state index is 0.193. The quantitative estimate of drug-likeness (QED) is 0.588. The van der Waals surface area contributed by atoms with E-state index in [1.165, 1.54) is 0 Å². The Kier molecular flexibility index (Phi) is 6.33. The van der Waals surface area contributed by atoms with Crippen LogP contribution >= 0.6 is 0 Å². The number of nitrogens with zero attached hydrogens (tertiary/aromatic N) is 1. The van der Waals surface area contributed by atoms with Crippen molar-refractivity contribution in [2.24, 2.45) is 0 Å². The summed E-state index contributed by atoms with van der Waals surface area (Å²) >= 11 is 0. The lowest BCUT2D eigenvalue weighted by Crippen LogP contribution is -2.40. The monoisotopic (exact) mass is 318 g/mol. The van der Waals surface area contributed by atoms with Crippen molar-refractivity contribution in [2.45, 2.75) is 51.2 Å². The van der Waals surface area contributed by atoms with E-state index in [9.17, 15) is 8.42 Å². The number of hydrogen-bond acceptors (Lipinski definition) is 5. The van der Waals surface area contributed by atoms with Gasteiger partial charge in [-0.1, -0.05) is 6.92 Å². The summed E-state index contributed by atoms with van der Waals surface area (Å²) in [7, 11) is -2.07. The van der Waals surface area contributed by atoms with Crippen LogP contribution < -0.4 is 10.0 Å². The third-order valence-corrected chi connectivity index (χ3v) is 4.79. The Balaban J connectivity index is 2.89. The van der Waals surface area contributed by atoms with Crippen molar-refractivity contribution < 1.29 is 13.2 Å². The number of aromatic nitrogens is 2. The molecule has 0 saturated carbocycles. The van der Waals surface area contributed by atoms with Gasteiger partial charge in [-0.05, 0) is 33.7 Å². The van der Waals surface area contributed by atoms with Crippen LogP contribution in [0.3, 0.4) is 0 Å². The predicted molar refractivity (Wildman–Crippen MR) is 81.6 cm³/mol. The molecular weight excluding hydrogens is 292 g/mol. The van der Waals surface area contributed by atoms with Crippen LogP contribution in [0.15, 0.2) is 4.90 Å².